The molecule has 1 N–H and O–H groups in total. The Morgan fingerprint density at radius 1 is 1.57 bits per heavy atom. The summed E-state index contributed by atoms with van der Waals surface area (Å²) in [6.45, 7) is 3.45. The molecule has 0 amide bonds. The van der Waals surface area contributed by atoms with E-state index in [1.807, 2.05) is 18.5 Å². The molecule has 1 aromatic heterocycles. The van der Waals surface area contributed by atoms with E-state index in [1.165, 1.54) is 0 Å². The molecule has 0 saturated heterocycles. The third-order valence-corrected chi connectivity index (χ3v) is 2.81. The van der Waals surface area contributed by atoms with Crippen LogP contribution in [0.4, 0.5) is 0 Å². The van der Waals surface area contributed by atoms with Crippen molar-refractivity contribution in [3.63, 3.8) is 0 Å². The highest BCUT2D eigenvalue weighted by atomic mass is 32.2. The van der Waals surface area contributed by atoms with Crippen LogP contribution in [0.1, 0.15) is 5.82 Å². The molecular formula is C9H14N4S. The fourth-order valence-electron chi connectivity index (χ4n) is 0.888. The van der Waals surface area contributed by atoms with Gasteiger partial charge < -0.3 is 9.88 Å². The standard InChI is InChI=1S/C9H14N4S/c1-4-5-10-6-7-14-9-12-11-8(2)13(9)3/h1,10H,5-7H2,2-3H3. The average molecular weight is 210 g/mol. The van der Waals surface area contributed by atoms with Crippen molar-refractivity contribution in [3.8, 4) is 12.3 Å². The molecule has 76 valence electrons. The molecule has 0 unspecified atom stereocenters. The van der Waals surface area contributed by atoms with Crippen LogP contribution in [0.5, 0.6) is 0 Å². The molecule has 1 rings (SSSR count). The Kier molecular flexibility index (Phi) is 4.50. The summed E-state index contributed by atoms with van der Waals surface area (Å²) in [5, 5.41) is 12.1. The van der Waals surface area contributed by atoms with E-state index in [9.17, 15) is 0 Å². The Morgan fingerprint density at radius 2 is 2.36 bits per heavy atom. The van der Waals surface area contributed by atoms with Gasteiger partial charge in [0, 0.05) is 19.3 Å². The number of nitrogens with one attached hydrogen (secondary N) is 1. The summed E-state index contributed by atoms with van der Waals surface area (Å²) in [6.07, 6.45) is 5.10. The number of terminal acetylenes is 1. The van der Waals surface area contributed by atoms with Gasteiger partial charge in [-0.15, -0.1) is 16.6 Å². The molecule has 0 saturated carbocycles. The Hall–Kier alpha value is -0.990. The summed E-state index contributed by atoms with van der Waals surface area (Å²) < 4.78 is 1.98. The maximum Gasteiger partial charge on any atom is 0.190 e. The number of hydrogen-bond donors (Lipinski definition) is 1. The third-order valence-electron chi connectivity index (χ3n) is 1.79. The van der Waals surface area contributed by atoms with E-state index >= 15 is 0 Å². The van der Waals surface area contributed by atoms with Crippen LogP contribution in [-0.2, 0) is 7.05 Å². The van der Waals surface area contributed by atoms with E-state index in [-0.39, 0.29) is 0 Å². The molecule has 14 heavy (non-hydrogen) atoms. The molecule has 0 spiro atoms. The first-order valence-electron chi connectivity index (χ1n) is 4.38. The molecule has 0 aliphatic carbocycles. The Balaban J connectivity index is 2.25. The predicted octanol–water partition coefficient (Wildman–Crippen LogP) is 0.438. The lowest BCUT2D eigenvalue weighted by Crippen LogP contribution is -2.17. The smallest absolute Gasteiger partial charge is 0.190 e. The van der Waals surface area contributed by atoms with Gasteiger partial charge in [-0.3, -0.25) is 0 Å². The molecule has 0 radical (unpaired) electrons. The highest BCUT2D eigenvalue weighted by Gasteiger charge is 2.03. The molecule has 5 heteroatoms. The second-order valence-corrected chi connectivity index (χ2v) is 3.88. The van der Waals surface area contributed by atoms with Crippen LogP contribution in [-0.4, -0.2) is 33.6 Å². The van der Waals surface area contributed by atoms with Crippen molar-refractivity contribution in [2.24, 2.45) is 7.05 Å². The largest absolute Gasteiger partial charge is 0.309 e. The van der Waals surface area contributed by atoms with Gasteiger partial charge in [-0.2, -0.15) is 0 Å². The minimum Gasteiger partial charge on any atom is -0.309 e. The van der Waals surface area contributed by atoms with Crippen molar-refractivity contribution < 1.29 is 0 Å². The van der Waals surface area contributed by atoms with Crippen LogP contribution >= 0.6 is 11.8 Å². The van der Waals surface area contributed by atoms with Gasteiger partial charge in [0.2, 0.25) is 0 Å². The van der Waals surface area contributed by atoms with Gasteiger partial charge in [0.1, 0.15) is 5.82 Å². The number of nitrogens with zero attached hydrogens (tertiary/aromatic N) is 3. The Bertz CT molecular complexity index is 326. The topological polar surface area (TPSA) is 42.7 Å². The van der Waals surface area contributed by atoms with E-state index in [0.29, 0.717) is 6.54 Å². The van der Waals surface area contributed by atoms with Gasteiger partial charge >= 0.3 is 0 Å². The molecule has 0 bridgehead atoms. The van der Waals surface area contributed by atoms with E-state index in [4.69, 9.17) is 6.42 Å². The number of thioether (sulfide) groups is 1. The Morgan fingerprint density at radius 3 is 2.93 bits per heavy atom. The maximum atomic E-state index is 5.10. The number of hydrogen-bond acceptors (Lipinski definition) is 4. The monoisotopic (exact) mass is 210 g/mol. The van der Waals surface area contributed by atoms with Gasteiger partial charge in [0.05, 0.1) is 6.54 Å². The fraction of sp³-hybridized carbons (Fsp3) is 0.556. The summed E-state index contributed by atoms with van der Waals surface area (Å²) >= 11 is 1.68. The zero-order valence-electron chi connectivity index (χ0n) is 8.45. The van der Waals surface area contributed by atoms with Crippen molar-refractivity contribution in [1.82, 2.24) is 20.1 Å². The lowest BCUT2D eigenvalue weighted by molar-refractivity contribution is 0.761. The van der Waals surface area contributed by atoms with Gasteiger partial charge in [0.15, 0.2) is 5.16 Å². The van der Waals surface area contributed by atoms with Crippen LogP contribution < -0.4 is 5.32 Å². The summed E-state index contributed by atoms with van der Waals surface area (Å²) in [5.41, 5.74) is 0. The zero-order valence-corrected chi connectivity index (χ0v) is 9.27. The number of aryl methyl sites for hydroxylation is 1. The molecule has 0 fully saturated rings. The first kappa shape index (κ1) is 11.1. The zero-order chi connectivity index (χ0) is 10.4. The van der Waals surface area contributed by atoms with E-state index in [0.717, 1.165) is 23.3 Å². The first-order valence-corrected chi connectivity index (χ1v) is 5.37. The molecule has 0 aromatic carbocycles. The molecule has 4 nitrogen and oxygen atoms in total. The number of aromatic nitrogens is 3. The van der Waals surface area contributed by atoms with Crippen LogP contribution in [0, 0.1) is 19.3 Å². The van der Waals surface area contributed by atoms with E-state index in [2.05, 4.69) is 21.4 Å². The second kappa shape index (κ2) is 5.68. The Labute approximate surface area is 88.5 Å². The number of rotatable bonds is 5. The quantitative estimate of drug-likeness (QED) is 0.435. The van der Waals surface area contributed by atoms with Gasteiger partial charge in [0.25, 0.3) is 0 Å². The maximum absolute atomic E-state index is 5.10. The van der Waals surface area contributed by atoms with Crippen LogP contribution in [0.25, 0.3) is 0 Å². The van der Waals surface area contributed by atoms with Crippen molar-refractivity contribution >= 4 is 11.8 Å². The molecule has 1 aromatic rings. The molecule has 0 atom stereocenters. The molecule has 0 aliphatic rings. The van der Waals surface area contributed by atoms with E-state index in [1.54, 1.807) is 11.8 Å². The second-order valence-electron chi connectivity index (χ2n) is 2.82. The molecule has 1 heterocycles. The average Bonchev–Trinajstić information content (AvgIpc) is 2.49. The SMILES string of the molecule is C#CCNCCSc1nnc(C)n1C. The van der Waals surface area contributed by atoms with Crippen LogP contribution in [0.15, 0.2) is 5.16 Å². The van der Waals surface area contributed by atoms with Crippen molar-refractivity contribution in [3.05, 3.63) is 5.82 Å². The third kappa shape index (κ3) is 3.05. The lowest BCUT2D eigenvalue weighted by Gasteiger charge is -2.01. The van der Waals surface area contributed by atoms with Crippen molar-refractivity contribution in [2.45, 2.75) is 12.1 Å². The lowest BCUT2D eigenvalue weighted by atomic mass is 10.6. The van der Waals surface area contributed by atoms with Crippen molar-refractivity contribution in [1.29, 1.82) is 0 Å². The van der Waals surface area contributed by atoms with Crippen molar-refractivity contribution in [2.75, 3.05) is 18.8 Å². The summed E-state index contributed by atoms with van der Waals surface area (Å²) in [4.78, 5) is 0. The minimum atomic E-state index is 0.623. The molecule has 0 aliphatic heterocycles. The summed E-state index contributed by atoms with van der Waals surface area (Å²) in [6, 6.07) is 0. The first-order chi connectivity index (χ1) is 6.75. The minimum absolute atomic E-state index is 0.623. The summed E-state index contributed by atoms with van der Waals surface area (Å²) in [5.74, 6) is 4.41. The molecular weight excluding hydrogens is 196 g/mol. The van der Waals surface area contributed by atoms with Gasteiger partial charge in [-0.25, -0.2) is 0 Å². The van der Waals surface area contributed by atoms with Crippen LogP contribution in [0.2, 0.25) is 0 Å². The normalized spacial score (nSPS) is 10.1. The van der Waals surface area contributed by atoms with Gasteiger partial charge in [-0.1, -0.05) is 17.7 Å². The fourth-order valence-corrected chi connectivity index (χ4v) is 1.74. The predicted molar refractivity (Wildman–Crippen MR) is 58.2 cm³/mol. The van der Waals surface area contributed by atoms with Crippen LogP contribution in [0.3, 0.4) is 0 Å². The highest BCUT2D eigenvalue weighted by molar-refractivity contribution is 7.99. The van der Waals surface area contributed by atoms with Gasteiger partial charge in [-0.05, 0) is 6.92 Å². The highest BCUT2D eigenvalue weighted by Crippen LogP contribution is 2.13. The van der Waals surface area contributed by atoms with E-state index < -0.39 is 0 Å². The summed E-state index contributed by atoms with van der Waals surface area (Å²) in [7, 11) is 1.96.